The van der Waals surface area contributed by atoms with Crippen LogP contribution in [0.5, 0.6) is 0 Å². The number of benzene rings is 1. The number of nitrogens with zero attached hydrogens (tertiary/aromatic N) is 1. The Morgan fingerprint density at radius 2 is 2.05 bits per heavy atom. The third kappa shape index (κ3) is 3.58. The lowest BCUT2D eigenvalue weighted by molar-refractivity contribution is 0.0594. The van der Waals surface area contributed by atoms with E-state index in [1.807, 2.05) is 29.2 Å². The Balaban J connectivity index is 2.10. The van der Waals surface area contributed by atoms with Gasteiger partial charge in [-0.25, -0.2) is 0 Å². The van der Waals surface area contributed by atoms with Gasteiger partial charge in [-0.15, -0.1) is 0 Å². The van der Waals surface area contributed by atoms with Crippen LogP contribution in [-0.4, -0.2) is 37.1 Å². The van der Waals surface area contributed by atoms with Crippen LogP contribution in [0.15, 0.2) is 24.3 Å². The van der Waals surface area contributed by atoms with Crippen molar-refractivity contribution in [2.24, 2.45) is 11.7 Å². The normalized spacial score (nSPS) is 15.9. The molecule has 0 aliphatic heterocycles. The average molecular weight is 276 g/mol. The van der Waals surface area contributed by atoms with Gasteiger partial charge in [-0.2, -0.15) is 0 Å². The Morgan fingerprint density at radius 3 is 2.55 bits per heavy atom. The third-order valence-corrected chi connectivity index (χ3v) is 4.03. The summed E-state index contributed by atoms with van der Waals surface area (Å²) in [6.07, 6.45) is 2.45. The quantitative estimate of drug-likeness (QED) is 0.829. The highest BCUT2D eigenvalue weighted by molar-refractivity contribution is 5.94. The summed E-state index contributed by atoms with van der Waals surface area (Å²) in [4.78, 5) is 14.6. The SMILES string of the molecule is COCCN(C(=O)c1ccc(CN)cc1)C(C)C1CC1. The summed E-state index contributed by atoms with van der Waals surface area (Å²) in [5.74, 6) is 0.740. The largest absolute Gasteiger partial charge is 0.383 e. The lowest BCUT2D eigenvalue weighted by atomic mass is 10.1. The smallest absolute Gasteiger partial charge is 0.254 e. The van der Waals surface area contributed by atoms with E-state index in [4.69, 9.17) is 10.5 Å². The van der Waals surface area contributed by atoms with Crippen LogP contribution in [0, 0.1) is 5.92 Å². The minimum Gasteiger partial charge on any atom is -0.383 e. The minimum atomic E-state index is 0.0880. The van der Waals surface area contributed by atoms with Gasteiger partial charge in [0.15, 0.2) is 0 Å². The number of carbonyl (C=O) groups excluding carboxylic acids is 1. The molecular formula is C16H24N2O2. The predicted molar refractivity (Wildman–Crippen MR) is 79.4 cm³/mol. The molecular weight excluding hydrogens is 252 g/mol. The van der Waals surface area contributed by atoms with Gasteiger partial charge < -0.3 is 15.4 Å². The van der Waals surface area contributed by atoms with Crippen LogP contribution in [0.2, 0.25) is 0 Å². The summed E-state index contributed by atoms with van der Waals surface area (Å²) in [5, 5.41) is 0. The van der Waals surface area contributed by atoms with Crippen LogP contribution in [0.3, 0.4) is 0 Å². The molecule has 0 bridgehead atoms. The number of rotatable bonds is 7. The molecule has 0 aromatic heterocycles. The summed E-state index contributed by atoms with van der Waals surface area (Å²) in [7, 11) is 1.67. The molecule has 1 fully saturated rings. The van der Waals surface area contributed by atoms with Gasteiger partial charge in [0.25, 0.3) is 5.91 Å². The topological polar surface area (TPSA) is 55.6 Å². The maximum Gasteiger partial charge on any atom is 0.254 e. The zero-order chi connectivity index (χ0) is 14.5. The van der Waals surface area contributed by atoms with E-state index in [2.05, 4.69) is 6.92 Å². The second-order valence-electron chi connectivity index (χ2n) is 5.47. The van der Waals surface area contributed by atoms with Crippen molar-refractivity contribution in [3.8, 4) is 0 Å². The standard InChI is InChI=1S/C16H24N2O2/c1-12(14-7-8-14)18(9-10-20-2)16(19)15-5-3-13(11-17)4-6-15/h3-6,12,14H,7-11,17H2,1-2H3. The summed E-state index contributed by atoms with van der Waals surface area (Å²) >= 11 is 0. The average Bonchev–Trinajstić information content (AvgIpc) is 3.32. The third-order valence-electron chi connectivity index (χ3n) is 4.03. The van der Waals surface area contributed by atoms with E-state index in [-0.39, 0.29) is 11.9 Å². The van der Waals surface area contributed by atoms with Crippen LogP contribution in [0.4, 0.5) is 0 Å². The first-order valence-corrected chi connectivity index (χ1v) is 7.26. The Kier molecular flexibility index (Phi) is 5.15. The van der Waals surface area contributed by atoms with Gasteiger partial charge in [0.1, 0.15) is 0 Å². The monoisotopic (exact) mass is 276 g/mol. The molecule has 4 heteroatoms. The van der Waals surface area contributed by atoms with Crippen molar-refractivity contribution < 1.29 is 9.53 Å². The minimum absolute atomic E-state index is 0.0880. The molecule has 1 aromatic rings. The van der Waals surface area contributed by atoms with Gasteiger partial charge >= 0.3 is 0 Å². The number of hydrogen-bond acceptors (Lipinski definition) is 3. The maximum absolute atomic E-state index is 12.7. The van der Waals surface area contributed by atoms with Crippen molar-refractivity contribution in [2.45, 2.75) is 32.4 Å². The molecule has 1 unspecified atom stereocenters. The fourth-order valence-corrected chi connectivity index (χ4v) is 2.46. The van der Waals surface area contributed by atoms with Crippen LogP contribution < -0.4 is 5.73 Å². The Bertz CT molecular complexity index is 440. The molecule has 1 saturated carbocycles. The first-order chi connectivity index (χ1) is 9.67. The summed E-state index contributed by atoms with van der Waals surface area (Å²) < 4.78 is 5.13. The van der Waals surface area contributed by atoms with Crippen LogP contribution in [-0.2, 0) is 11.3 Å². The van der Waals surface area contributed by atoms with Gasteiger partial charge in [0.05, 0.1) is 6.61 Å². The fraction of sp³-hybridized carbons (Fsp3) is 0.562. The van der Waals surface area contributed by atoms with Gasteiger partial charge in [0.2, 0.25) is 0 Å². The number of ether oxygens (including phenoxy) is 1. The second kappa shape index (κ2) is 6.86. The molecule has 1 amide bonds. The molecule has 0 saturated heterocycles. The van der Waals surface area contributed by atoms with Crippen molar-refractivity contribution in [1.82, 2.24) is 4.90 Å². The number of amides is 1. The molecule has 1 atom stereocenters. The molecule has 110 valence electrons. The first-order valence-electron chi connectivity index (χ1n) is 7.26. The zero-order valence-corrected chi connectivity index (χ0v) is 12.3. The van der Waals surface area contributed by atoms with Gasteiger partial charge in [-0.05, 0) is 43.4 Å². The summed E-state index contributed by atoms with van der Waals surface area (Å²) in [6.45, 7) is 3.86. The molecule has 1 aliphatic carbocycles. The van der Waals surface area contributed by atoms with Crippen molar-refractivity contribution in [3.63, 3.8) is 0 Å². The summed E-state index contributed by atoms with van der Waals surface area (Å²) in [6, 6.07) is 7.85. The highest BCUT2D eigenvalue weighted by Crippen LogP contribution is 2.35. The number of nitrogens with two attached hydrogens (primary N) is 1. The molecule has 2 N–H and O–H groups in total. The molecule has 20 heavy (non-hydrogen) atoms. The van der Waals surface area contributed by atoms with Crippen molar-refractivity contribution in [2.75, 3.05) is 20.3 Å². The lowest BCUT2D eigenvalue weighted by Crippen LogP contribution is -2.42. The number of carbonyl (C=O) groups is 1. The van der Waals surface area contributed by atoms with E-state index >= 15 is 0 Å². The van der Waals surface area contributed by atoms with E-state index in [0.717, 1.165) is 11.1 Å². The predicted octanol–water partition coefficient (Wildman–Crippen LogP) is 2.03. The van der Waals surface area contributed by atoms with E-state index < -0.39 is 0 Å². The van der Waals surface area contributed by atoms with Crippen LogP contribution in [0.1, 0.15) is 35.7 Å². The first kappa shape index (κ1) is 15.0. The molecule has 4 nitrogen and oxygen atoms in total. The molecule has 1 aromatic carbocycles. The van der Waals surface area contributed by atoms with Crippen molar-refractivity contribution in [1.29, 1.82) is 0 Å². The Hall–Kier alpha value is -1.39. The lowest BCUT2D eigenvalue weighted by Gasteiger charge is -2.29. The molecule has 1 aliphatic rings. The molecule has 0 spiro atoms. The van der Waals surface area contributed by atoms with Gasteiger partial charge in [0, 0.05) is 31.8 Å². The van der Waals surface area contributed by atoms with E-state index in [1.54, 1.807) is 7.11 Å². The van der Waals surface area contributed by atoms with Crippen molar-refractivity contribution >= 4 is 5.91 Å². The molecule has 2 rings (SSSR count). The van der Waals surface area contributed by atoms with Gasteiger partial charge in [-0.3, -0.25) is 4.79 Å². The van der Waals surface area contributed by atoms with Crippen LogP contribution in [0.25, 0.3) is 0 Å². The van der Waals surface area contributed by atoms with Gasteiger partial charge in [-0.1, -0.05) is 12.1 Å². The maximum atomic E-state index is 12.7. The van der Waals surface area contributed by atoms with Crippen LogP contribution >= 0.6 is 0 Å². The molecule has 0 radical (unpaired) electrons. The zero-order valence-electron chi connectivity index (χ0n) is 12.3. The second-order valence-corrected chi connectivity index (χ2v) is 5.47. The number of hydrogen-bond donors (Lipinski definition) is 1. The Morgan fingerprint density at radius 1 is 1.40 bits per heavy atom. The molecule has 0 heterocycles. The Labute approximate surface area is 120 Å². The van der Waals surface area contributed by atoms with E-state index in [9.17, 15) is 4.79 Å². The van der Waals surface area contributed by atoms with E-state index in [1.165, 1.54) is 12.8 Å². The highest BCUT2D eigenvalue weighted by atomic mass is 16.5. The number of methoxy groups -OCH3 is 1. The summed E-state index contributed by atoms with van der Waals surface area (Å²) in [5.41, 5.74) is 7.36. The highest BCUT2D eigenvalue weighted by Gasteiger charge is 2.34. The van der Waals surface area contributed by atoms with Crippen molar-refractivity contribution in [3.05, 3.63) is 35.4 Å². The fourth-order valence-electron chi connectivity index (χ4n) is 2.46. The van der Waals surface area contributed by atoms with E-state index in [0.29, 0.717) is 25.6 Å².